The van der Waals surface area contributed by atoms with Gasteiger partial charge in [-0.1, -0.05) is 6.92 Å². The smallest absolute Gasteiger partial charge is 0.119 e. The van der Waals surface area contributed by atoms with E-state index in [4.69, 9.17) is 4.74 Å². The van der Waals surface area contributed by atoms with Crippen LogP contribution in [0.4, 0.5) is 0 Å². The van der Waals surface area contributed by atoms with Crippen molar-refractivity contribution in [3.8, 4) is 17.0 Å². The monoisotopic (exact) mass is 285 g/mol. The molecule has 21 heavy (non-hydrogen) atoms. The van der Waals surface area contributed by atoms with Crippen LogP contribution >= 0.6 is 0 Å². The summed E-state index contributed by atoms with van der Waals surface area (Å²) in [5.41, 5.74) is 4.91. The molecule has 0 aliphatic carbocycles. The quantitative estimate of drug-likeness (QED) is 0.917. The van der Waals surface area contributed by atoms with Crippen LogP contribution in [0.5, 0.6) is 5.75 Å². The van der Waals surface area contributed by atoms with Gasteiger partial charge in [-0.2, -0.15) is 5.10 Å². The molecule has 0 radical (unpaired) electrons. The molecule has 0 saturated heterocycles. The summed E-state index contributed by atoms with van der Waals surface area (Å²) in [4.78, 5) is 2.51. The van der Waals surface area contributed by atoms with Crippen molar-refractivity contribution >= 4 is 0 Å². The van der Waals surface area contributed by atoms with E-state index in [-0.39, 0.29) is 0 Å². The first kappa shape index (κ1) is 14.1. The molecule has 1 aliphatic rings. The zero-order valence-electron chi connectivity index (χ0n) is 12.9. The van der Waals surface area contributed by atoms with Crippen LogP contribution in [0.15, 0.2) is 24.3 Å². The second kappa shape index (κ2) is 6.31. The van der Waals surface area contributed by atoms with E-state index in [0.717, 1.165) is 43.1 Å². The molecule has 0 fully saturated rings. The van der Waals surface area contributed by atoms with Gasteiger partial charge in [0.25, 0.3) is 0 Å². The Bertz CT molecular complexity index is 589. The highest BCUT2D eigenvalue weighted by molar-refractivity contribution is 5.65. The average Bonchev–Trinajstić information content (AvgIpc) is 2.92. The van der Waals surface area contributed by atoms with E-state index in [1.807, 2.05) is 19.1 Å². The molecule has 0 saturated carbocycles. The second-order valence-electron chi connectivity index (χ2n) is 5.51. The Morgan fingerprint density at radius 2 is 2.05 bits per heavy atom. The van der Waals surface area contributed by atoms with Gasteiger partial charge in [-0.15, -0.1) is 0 Å². The molecule has 1 N–H and O–H groups in total. The molecule has 1 aromatic heterocycles. The summed E-state index contributed by atoms with van der Waals surface area (Å²) in [6.07, 6.45) is 2.27. The number of nitrogens with one attached hydrogen (secondary N) is 1. The first-order valence-electron chi connectivity index (χ1n) is 7.83. The van der Waals surface area contributed by atoms with Gasteiger partial charge < -0.3 is 4.74 Å². The van der Waals surface area contributed by atoms with Gasteiger partial charge in [-0.25, -0.2) is 0 Å². The maximum Gasteiger partial charge on any atom is 0.119 e. The maximum absolute atomic E-state index is 5.50. The molecule has 4 nitrogen and oxygen atoms in total. The van der Waals surface area contributed by atoms with E-state index in [2.05, 4.69) is 34.2 Å². The molecular weight excluding hydrogens is 262 g/mol. The predicted molar refractivity (Wildman–Crippen MR) is 84.5 cm³/mol. The third-order valence-electron chi connectivity index (χ3n) is 3.99. The lowest BCUT2D eigenvalue weighted by molar-refractivity contribution is 0.254. The Hall–Kier alpha value is -1.81. The van der Waals surface area contributed by atoms with Crippen LogP contribution < -0.4 is 4.74 Å². The van der Waals surface area contributed by atoms with E-state index < -0.39 is 0 Å². The van der Waals surface area contributed by atoms with E-state index in [9.17, 15) is 0 Å². The summed E-state index contributed by atoms with van der Waals surface area (Å²) in [6, 6.07) is 8.24. The highest BCUT2D eigenvalue weighted by atomic mass is 16.5. The lowest BCUT2D eigenvalue weighted by Gasteiger charge is -2.26. The second-order valence-corrected chi connectivity index (χ2v) is 5.51. The fourth-order valence-corrected chi connectivity index (χ4v) is 2.97. The molecule has 0 bridgehead atoms. The van der Waals surface area contributed by atoms with Crippen LogP contribution in [0.25, 0.3) is 11.3 Å². The van der Waals surface area contributed by atoms with E-state index in [1.165, 1.54) is 17.7 Å². The predicted octanol–water partition coefficient (Wildman–Crippen LogP) is 3.24. The number of benzene rings is 1. The SMILES string of the molecule is CCCN1CCc2[nH]nc(-c3ccc(OCC)cc3)c2C1. The fourth-order valence-electron chi connectivity index (χ4n) is 2.97. The summed E-state index contributed by atoms with van der Waals surface area (Å²) in [5.74, 6) is 0.915. The maximum atomic E-state index is 5.50. The van der Waals surface area contributed by atoms with Gasteiger partial charge in [0, 0.05) is 36.3 Å². The molecule has 112 valence electrons. The van der Waals surface area contributed by atoms with Crippen LogP contribution in [0.3, 0.4) is 0 Å². The molecule has 1 aliphatic heterocycles. The molecular formula is C17H23N3O. The summed E-state index contributed by atoms with van der Waals surface area (Å²) >= 11 is 0. The minimum atomic E-state index is 0.698. The van der Waals surface area contributed by atoms with Crippen LogP contribution in [0.1, 0.15) is 31.5 Å². The molecule has 0 unspecified atom stereocenters. The van der Waals surface area contributed by atoms with E-state index in [1.54, 1.807) is 0 Å². The minimum Gasteiger partial charge on any atom is -0.494 e. The fraction of sp³-hybridized carbons (Fsp3) is 0.471. The number of aromatic nitrogens is 2. The summed E-state index contributed by atoms with van der Waals surface area (Å²) in [6.45, 7) is 8.23. The van der Waals surface area contributed by atoms with Crippen LogP contribution in [0.2, 0.25) is 0 Å². The van der Waals surface area contributed by atoms with Gasteiger partial charge in [-0.05, 0) is 44.2 Å². The van der Waals surface area contributed by atoms with Gasteiger partial charge >= 0.3 is 0 Å². The number of aromatic amines is 1. The van der Waals surface area contributed by atoms with Crippen molar-refractivity contribution in [3.05, 3.63) is 35.5 Å². The van der Waals surface area contributed by atoms with E-state index >= 15 is 0 Å². The molecule has 2 heterocycles. The van der Waals surface area contributed by atoms with Gasteiger partial charge in [0.1, 0.15) is 5.75 Å². The van der Waals surface area contributed by atoms with Crippen molar-refractivity contribution in [3.63, 3.8) is 0 Å². The van der Waals surface area contributed by atoms with Crippen molar-refractivity contribution in [2.75, 3.05) is 19.7 Å². The Kier molecular flexibility index (Phi) is 4.25. The summed E-state index contributed by atoms with van der Waals surface area (Å²) in [7, 11) is 0. The topological polar surface area (TPSA) is 41.2 Å². The molecule has 4 heteroatoms. The first-order chi connectivity index (χ1) is 10.3. The number of ether oxygens (including phenoxy) is 1. The van der Waals surface area contributed by atoms with Crippen molar-refractivity contribution in [2.24, 2.45) is 0 Å². The zero-order chi connectivity index (χ0) is 14.7. The highest BCUT2D eigenvalue weighted by Gasteiger charge is 2.22. The number of H-pyrrole nitrogens is 1. The minimum absolute atomic E-state index is 0.698. The van der Waals surface area contributed by atoms with Crippen molar-refractivity contribution in [1.29, 1.82) is 0 Å². The van der Waals surface area contributed by atoms with Crippen molar-refractivity contribution in [2.45, 2.75) is 33.2 Å². The van der Waals surface area contributed by atoms with E-state index in [0.29, 0.717) is 6.61 Å². The molecule has 0 atom stereocenters. The first-order valence-corrected chi connectivity index (χ1v) is 7.83. The largest absolute Gasteiger partial charge is 0.494 e. The number of hydrogen-bond acceptors (Lipinski definition) is 3. The van der Waals surface area contributed by atoms with Crippen LogP contribution in [-0.4, -0.2) is 34.8 Å². The summed E-state index contributed by atoms with van der Waals surface area (Å²) < 4.78 is 5.50. The van der Waals surface area contributed by atoms with Crippen LogP contribution in [-0.2, 0) is 13.0 Å². The average molecular weight is 285 g/mol. The molecule has 3 rings (SSSR count). The Morgan fingerprint density at radius 1 is 1.24 bits per heavy atom. The van der Waals surface area contributed by atoms with Gasteiger partial charge in [0.05, 0.1) is 12.3 Å². The lowest BCUT2D eigenvalue weighted by Crippen LogP contribution is -2.31. The number of rotatable bonds is 5. The van der Waals surface area contributed by atoms with Crippen molar-refractivity contribution < 1.29 is 4.74 Å². The molecule has 0 spiro atoms. The van der Waals surface area contributed by atoms with Gasteiger partial charge in [-0.3, -0.25) is 10.00 Å². The third kappa shape index (κ3) is 2.95. The normalized spacial score (nSPS) is 15.0. The Labute approximate surface area is 126 Å². The third-order valence-corrected chi connectivity index (χ3v) is 3.99. The lowest BCUT2D eigenvalue weighted by atomic mass is 10.0. The standard InChI is InChI=1S/C17H23N3O/c1-3-10-20-11-9-16-15(12-20)17(19-18-16)13-5-7-14(8-6-13)21-4-2/h5-8H,3-4,9-12H2,1-2H3,(H,18,19). The Balaban J connectivity index is 1.85. The Morgan fingerprint density at radius 3 is 2.76 bits per heavy atom. The molecule has 2 aromatic rings. The number of hydrogen-bond donors (Lipinski definition) is 1. The highest BCUT2D eigenvalue weighted by Crippen LogP contribution is 2.29. The zero-order valence-corrected chi connectivity index (χ0v) is 12.9. The summed E-state index contributed by atoms with van der Waals surface area (Å²) in [5, 5.41) is 7.77. The molecule has 1 aromatic carbocycles. The number of fused-ring (bicyclic) bond motifs is 1. The van der Waals surface area contributed by atoms with Gasteiger partial charge in [0.2, 0.25) is 0 Å². The van der Waals surface area contributed by atoms with Crippen molar-refractivity contribution in [1.82, 2.24) is 15.1 Å². The molecule has 0 amide bonds. The van der Waals surface area contributed by atoms with Crippen LogP contribution in [0, 0.1) is 0 Å². The number of nitrogens with zero attached hydrogens (tertiary/aromatic N) is 2. The van der Waals surface area contributed by atoms with Gasteiger partial charge in [0.15, 0.2) is 0 Å².